The van der Waals surface area contributed by atoms with E-state index in [4.69, 9.17) is 0 Å². The minimum Gasteiger partial charge on any atom is -0.371 e. The van der Waals surface area contributed by atoms with Crippen LogP contribution in [0, 0.1) is 16.0 Å². The van der Waals surface area contributed by atoms with Gasteiger partial charge in [0.25, 0.3) is 5.69 Å². The first kappa shape index (κ1) is 20.8. The van der Waals surface area contributed by atoms with Gasteiger partial charge in [0, 0.05) is 24.8 Å². The molecule has 1 N–H and O–H groups in total. The molecule has 1 atom stereocenters. The number of benzene rings is 1. The van der Waals surface area contributed by atoms with Crippen LogP contribution in [0.15, 0.2) is 18.2 Å². The molecule has 1 amide bonds. The van der Waals surface area contributed by atoms with Crippen molar-refractivity contribution in [3.05, 3.63) is 33.9 Å². The van der Waals surface area contributed by atoms with Gasteiger partial charge in [-0.05, 0) is 25.0 Å². The molecule has 1 saturated heterocycles. The van der Waals surface area contributed by atoms with Gasteiger partial charge in [-0.25, -0.2) is 0 Å². The van der Waals surface area contributed by atoms with E-state index in [1.165, 1.54) is 4.90 Å². The summed E-state index contributed by atoms with van der Waals surface area (Å²) in [5, 5.41) is 12.6. The van der Waals surface area contributed by atoms with E-state index in [0.29, 0.717) is 18.9 Å². The third-order valence-corrected chi connectivity index (χ3v) is 4.10. The van der Waals surface area contributed by atoms with Gasteiger partial charge in [-0.3, -0.25) is 14.9 Å². The lowest BCUT2D eigenvalue weighted by atomic mass is 9.96. The van der Waals surface area contributed by atoms with Gasteiger partial charge in [-0.1, -0.05) is 0 Å². The molecule has 1 aliphatic rings. The van der Waals surface area contributed by atoms with Gasteiger partial charge < -0.3 is 10.2 Å². The van der Waals surface area contributed by atoms with Crippen LogP contribution in [0.25, 0.3) is 0 Å². The topological polar surface area (TPSA) is 75.5 Å². The van der Waals surface area contributed by atoms with Crippen LogP contribution in [0.2, 0.25) is 0 Å². The molecule has 0 aliphatic carbocycles. The van der Waals surface area contributed by atoms with Crippen molar-refractivity contribution in [3.63, 3.8) is 0 Å². The summed E-state index contributed by atoms with van der Waals surface area (Å²) in [6, 6.07) is 2.48. The second-order valence-corrected chi connectivity index (χ2v) is 6.07. The zero-order valence-electron chi connectivity index (χ0n) is 13.7. The standard InChI is InChI=1S/C15H15F6N3O3/c16-14(17,18)8-22-13(25)9-2-1-5-23(7-9)10-3-4-12(24(26)27)11(6-10)15(19,20)21/h3-4,6,9H,1-2,5,7-8H2,(H,22,25). The molecule has 1 heterocycles. The second kappa shape index (κ2) is 7.61. The largest absolute Gasteiger partial charge is 0.423 e. The summed E-state index contributed by atoms with van der Waals surface area (Å²) in [6.07, 6.45) is -8.84. The Labute approximate surface area is 149 Å². The number of anilines is 1. The molecule has 2 rings (SSSR count). The monoisotopic (exact) mass is 399 g/mol. The Morgan fingerprint density at radius 1 is 1.26 bits per heavy atom. The number of nitrogens with one attached hydrogen (secondary N) is 1. The quantitative estimate of drug-likeness (QED) is 0.478. The van der Waals surface area contributed by atoms with Crippen molar-refractivity contribution in [1.29, 1.82) is 0 Å². The fraction of sp³-hybridized carbons (Fsp3) is 0.533. The zero-order valence-corrected chi connectivity index (χ0v) is 13.7. The van der Waals surface area contributed by atoms with Crippen LogP contribution in [0.5, 0.6) is 0 Å². The number of rotatable bonds is 4. The van der Waals surface area contributed by atoms with Crippen molar-refractivity contribution in [2.45, 2.75) is 25.2 Å². The molecule has 1 unspecified atom stereocenters. The fourth-order valence-corrected chi connectivity index (χ4v) is 2.86. The molecule has 6 nitrogen and oxygen atoms in total. The van der Waals surface area contributed by atoms with Crippen molar-refractivity contribution >= 4 is 17.3 Å². The molecule has 0 spiro atoms. The Morgan fingerprint density at radius 2 is 1.93 bits per heavy atom. The highest BCUT2D eigenvalue weighted by Crippen LogP contribution is 2.39. The van der Waals surface area contributed by atoms with Crippen LogP contribution in [0.4, 0.5) is 37.7 Å². The van der Waals surface area contributed by atoms with Crippen LogP contribution in [-0.4, -0.2) is 36.6 Å². The molecule has 0 aromatic heterocycles. The van der Waals surface area contributed by atoms with Gasteiger partial charge in [0.1, 0.15) is 12.1 Å². The Kier molecular flexibility index (Phi) is 5.85. The molecule has 12 heteroatoms. The van der Waals surface area contributed by atoms with Gasteiger partial charge in [0.05, 0.1) is 10.8 Å². The van der Waals surface area contributed by atoms with Crippen molar-refractivity contribution in [1.82, 2.24) is 5.32 Å². The number of nitro groups is 1. The van der Waals surface area contributed by atoms with E-state index in [-0.39, 0.29) is 18.8 Å². The van der Waals surface area contributed by atoms with E-state index >= 15 is 0 Å². The maximum Gasteiger partial charge on any atom is 0.423 e. The molecule has 1 aromatic carbocycles. The van der Waals surface area contributed by atoms with E-state index in [0.717, 1.165) is 12.1 Å². The van der Waals surface area contributed by atoms with Crippen LogP contribution in [-0.2, 0) is 11.0 Å². The number of hydrogen-bond acceptors (Lipinski definition) is 4. The number of piperidine rings is 1. The molecule has 0 radical (unpaired) electrons. The highest BCUT2D eigenvalue weighted by Gasteiger charge is 2.39. The summed E-state index contributed by atoms with van der Waals surface area (Å²) in [7, 11) is 0. The van der Waals surface area contributed by atoms with Crippen molar-refractivity contribution in [3.8, 4) is 0 Å². The number of carbonyl (C=O) groups excluding carboxylic acids is 1. The second-order valence-electron chi connectivity index (χ2n) is 6.07. The number of hydrogen-bond donors (Lipinski definition) is 1. The number of amides is 1. The number of carbonyl (C=O) groups is 1. The maximum absolute atomic E-state index is 13.1. The van der Waals surface area contributed by atoms with Gasteiger partial charge in [-0.2, -0.15) is 26.3 Å². The van der Waals surface area contributed by atoms with Crippen molar-refractivity contribution in [2.75, 3.05) is 24.5 Å². The first-order valence-corrected chi connectivity index (χ1v) is 7.83. The van der Waals surface area contributed by atoms with Gasteiger partial charge in [0.2, 0.25) is 5.91 Å². The maximum atomic E-state index is 13.1. The number of halogens is 6. The lowest BCUT2D eigenvalue weighted by molar-refractivity contribution is -0.388. The fourth-order valence-electron chi connectivity index (χ4n) is 2.86. The van der Waals surface area contributed by atoms with Crippen molar-refractivity contribution < 1.29 is 36.1 Å². The predicted molar refractivity (Wildman–Crippen MR) is 82.1 cm³/mol. The van der Waals surface area contributed by atoms with Gasteiger partial charge >= 0.3 is 12.4 Å². The van der Waals surface area contributed by atoms with Gasteiger partial charge in [-0.15, -0.1) is 0 Å². The number of nitrogens with zero attached hydrogens (tertiary/aromatic N) is 2. The Balaban J connectivity index is 2.18. The highest BCUT2D eigenvalue weighted by atomic mass is 19.4. The van der Waals surface area contributed by atoms with Crippen LogP contribution in [0.3, 0.4) is 0 Å². The van der Waals surface area contributed by atoms with E-state index in [1.807, 2.05) is 0 Å². The zero-order chi connectivity index (χ0) is 20.4. The van der Waals surface area contributed by atoms with Crippen molar-refractivity contribution in [2.24, 2.45) is 5.92 Å². The van der Waals surface area contributed by atoms with E-state index in [9.17, 15) is 41.3 Å². The summed E-state index contributed by atoms with van der Waals surface area (Å²) in [5.74, 6) is -1.67. The molecule has 1 aromatic rings. The van der Waals surface area contributed by atoms with Crippen LogP contribution >= 0.6 is 0 Å². The molecule has 0 saturated carbocycles. The molecular weight excluding hydrogens is 384 g/mol. The lowest BCUT2D eigenvalue weighted by Gasteiger charge is -2.34. The average molecular weight is 399 g/mol. The molecule has 1 fully saturated rings. The average Bonchev–Trinajstić information content (AvgIpc) is 2.57. The van der Waals surface area contributed by atoms with Gasteiger partial charge in [0.15, 0.2) is 0 Å². The summed E-state index contributed by atoms with van der Waals surface area (Å²) in [6.45, 7) is -1.30. The molecular formula is C15H15F6N3O3. The Bertz CT molecular complexity index is 720. The predicted octanol–water partition coefficient (Wildman–Crippen LogP) is 3.51. The summed E-state index contributed by atoms with van der Waals surface area (Å²) < 4.78 is 75.8. The normalized spacial score (nSPS) is 18.3. The van der Waals surface area contributed by atoms with Crippen LogP contribution < -0.4 is 10.2 Å². The smallest absolute Gasteiger partial charge is 0.371 e. The summed E-state index contributed by atoms with van der Waals surface area (Å²) in [4.78, 5) is 22.9. The minimum absolute atomic E-state index is 0.0150. The number of alkyl halides is 6. The third-order valence-electron chi connectivity index (χ3n) is 4.10. The molecule has 1 aliphatic heterocycles. The SMILES string of the molecule is O=C(NCC(F)(F)F)C1CCCN(c2ccc([N+](=O)[O-])c(C(F)(F)F)c2)C1. The number of nitro benzene ring substituents is 1. The van der Waals surface area contributed by atoms with Crippen LogP contribution in [0.1, 0.15) is 18.4 Å². The molecule has 27 heavy (non-hydrogen) atoms. The van der Waals surface area contributed by atoms with E-state index < -0.39 is 46.9 Å². The third kappa shape index (κ3) is 5.47. The summed E-state index contributed by atoms with van der Waals surface area (Å²) >= 11 is 0. The van der Waals surface area contributed by atoms with E-state index in [2.05, 4.69) is 0 Å². The molecule has 150 valence electrons. The highest BCUT2D eigenvalue weighted by molar-refractivity contribution is 5.79. The Hall–Kier alpha value is -2.53. The molecule has 0 bridgehead atoms. The lowest BCUT2D eigenvalue weighted by Crippen LogP contribution is -2.45. The summed E-state index contributed by atoms with van der Waals surface area (Å²) in [5.41, 5.74) is -2.50. The minimum atomic E-state index is -4.95. The first-order valence-electron chi connectivity index (χ1n) is 7.83. The Morgan fingerprint density at radius 3 is 2.48 bits per heavy atom. The van der Waals surface area contributed by atoms with E-state index in [1.54, 1.807) is 5.32 Å². The first-order chi connectivity index (χ1) is 12.4.